The Morgan fingerprint density at radius 1 is 1.24 bits per heavy atom. The maximum absolute atomic E-state index is 5.50. The zero-order valence-corrected chi connectivity index (χ0v) is 10.1. The van der Waals surface area contributed by atoms with E-state index in [2.05, 4.69) is 27.3 Å². The third kappa shape index (κ3) is 1.85. The number of ether oxygens (including phenoxy) is 1. The van der Waals surface area contributed by atoms with E-state index in [9.17, 15) is 0 Å². The van der Waals surface area contributed by atoms with Crippen LogP contribution >= 0.6 is 0 Å². The van der Waals surface area contributed by atoms with Gasteiger partial charge in [-0.1, -0.05) is 0 Å². The number of aryl methyl sites for hydroxylation is 2. The Bertz CT molecular complexity index is 540. The van der Waals surface area contributed by atoms with E-state index in [-0.39, 0.29) is 0 Å². The van der Waals surface area contributed by atoms with E-state index in [4.69, 9.17) is 4.74 Å². The van der Waals surface area contributed by atoms with Crippen molar-refractivity contribution in [2.45, 2.75) is 26.9 Å². The number of fused-ring (bicyclic) bond motifs is 1. The summed E-state index contributed by atoms with van der Waals surface area (Å²) in [6.07, 6.45) is 0.922. The molecular formula is C13H15N3O. The second-order valence-corrected chi connectivity index (χ2v) is 4.47. The van der Waals surface area contributed by atoms with E-state index in [1.807, 2.05) is 13.8 Å². The largest absolute Gasteiger partial charge is 0.376 e. The molecule has 0 radical (unpaired) electrons. The van der Waals surface area contributed by atoms with Crippen molar-refractivity contribution in [3.8, 4) is 11.3 Å². The summed E-state index contributed by atoms with van der Waals surface area (Å²) in [5.74, 6) is 0. The van der Waals surface area contributed by atoms with Gasteiger partial charge in [0.1, 0.15) is 0 Å². The van der Waals surface area contributed by atoms with Gasteiger partial charge >= 0.3 is 0 Å². The lowest BCUT2D eigenvalue weighted by Crippen LogP contribution is -2.09. The molecule has 2 aromatic heterocycles. The lowest BCUT2D eigenvalue weighted by atomic mass is 10.0. The second kappa shape index (κ2) is 3.96. The minimum absolute atomic E-state index is 0.654. The first-order valence-corrected chi connectivity index (χ1v) is 5.83. The maximum atomic E-state index is 5.50. The Morgan fingerprint density at radius 3 is 2.76 bits per heavy atom. The van der Waals surface area contributed by atoms with Gasteiger partial charge in [-0.3, -0.25) is 10.1 Å². The lowest BCUT2D eigenvalue weighted by molar-refractivity contribution is 0.110. The zero-order chi connectivity index (χ0) is 11.8. The maximum Gasteiger partial charge on any atom is 0.0980 e. The number of H-pyrrole nitrogens is 1. The molecule has 1 N–H and O–H groups in total. The average molecular weight is 229 g/mol. The molecule has 0 aromatic carbocycles. The molecule has 0 bridgehead atoms. The third-order valence-corrected chi connectivity index (χ3v) is 3.05. The summed E-state index contributed by atoms with van der Waals surface area (Å²) in [4.78, 5) is 4.39. The number of pyridine rings is 1. The summed E-state index contributed by atoms with van der Waals surface area (Å²) in [6.45, 7) is 5.45. The highest BCUT2D eigenvalue weighted by atomic mass is 16.5. The molecule has 4 nitrogen and oxygen atoms in total. The van der Waals surface area contributed by atoms with E-state index in [0.717, 1.165) is 35.7 Å². The summed E-state index contributed by atoms with van der Waals surface area (Å²) in [5, 5.41) is 7.53. The molecular weight excluding hydrogens is 214 g/mol. The lowest BCUT2D eigenvalue weighted by Gasteiger charge is -2.12. The van der Waals surface area contributed by atoms with Gasteiger partial charge in [-0.25, -0.2) is 0 Å². The van der Waals surface area contributed by atoms with E-state index < -0.39 is 0 Å². The van der Waals surface area contributed by atoms with Crippen LogP contribution < -0.4 is 0 Å². The van der Waals surface area contributed by atoms with E-state index in [1.54, 1.807) is 0 Å². The van der Waals surface area contributed by atoms with Gasteiger partial charge in [0.05, 0.1) is 18.9 Å². The molecule has 0 fully saturated rings. The molecule has 0 saturated heterocycles. The molecule has 0 spiro atoms. The van der Waals surface area contributed by atoms with Crippen LogP contribution in [0.25, 0.3) is 11.3 Å². The fraction of sp³-hybridized carbons (Fsp3) is 0.385. The number of nitrogens with zero attached hydrogens (tertiary/aromatic N) is 2. The summed E-state index contributed by atoms with van der Waals surface area (Å²) in [6, 6.07) is 4.14. The fourth-order valence-corrected chi connectivity index (χ4v) is 2.32. The van der Waals surface area contributed by atoms with Gasteiger partial charge in [-0.15, -0.1) is 0 Å². The summed E-state index contributed by atoms with van der Waals surface area (Å²) >= 11 is 0. The summed E-state index contributed by atoms with van der Waals surface area (Å²) in [7, 11) is 0. The summed E-state index contributed by atoms with van der Waals surface area (Å²) < 4.78 is 5.50. The first kappa shape index (κ1) is 10.5. The van der Waals surface area contributed by atoms with Crippen LogP contribution in [0.4, 0.5) is 0 Å². The highest BCUT2D eigenvalue weighted by Gasteiger charge is 2.18. The number of hydrogen-bond donors (Lipinski definition) is 1. The van der Waals surface area contributed by atoms with Crippen molar-refractivity contribution in [2.24, 2.45) is 0 Å². The molecule has 0 amide bonds. The quantitative estimate of drug-likeness (QED) is 0.815. The molecule has 3 heterocycles. The molecule has 0 atom stereocenters. The van der Waals surface area contributed by atoms with Gasteiger partial charge in [0.25, 0.3) is 0 Å². The highest BCUT2D eigenvalue weighted by Crippen LogP contribution is 2.27. The molecule has 4 heteroatoms. The predicted octanol–water partition coefficient (Wildman–Crippen LogP) is 2.16. The number of nitrogens with one attached hydrogen (secondary N) is 1. The predicted molar refractivity (Wildman–Crippen MR) is 64.7 cm³/mol. The van der Waals surface area contributed by atoms with Crippen LogP contribution in [0.1, 0.15) is 22.6 Å². The van der Waals surface area contributed by atoms with Crippen molar-refractivity contribution in [2.75, 3.05) is 6.61 Å². The molecule has 0 saturated carbocycles. The number of rotatable bonds is 1. The van der Waals surface area contributed by atoms with Crippen molar-refractivity contribution in [1.82, 2.24) is 15.2 Å². The van der Waals surface area contributed by atoms with Gasteiger partial charge in [-0.2, -0.15) is 5.10 Å². The first-order valence-electron chi connectivity index (χ1n) is 5.83. The van der Waals surface area contributed by atoms with Crippen molar-refractivity contribution < 1.29 is 4.74 Å². The van der Waals surface area contributed by atoms with Gasteiger partial charge in [-0.05, 0) is 26.0 Å². The van der Waals surface area contributed by atoms with Crippen LogP contribution in [0.3, 0.4) is 0 Å². The molecule has 2 aromatic rings. The van der Waals surface area contributed by atoms with Crippen LogP contribution in [0.5, 0.6) is 0 Å². The Kier molecular flexibility index (Phi) is 2.44. The third-order valence-electron chi connectivity index (χ3n) is 3.05. The van der Waals surface area contributed by atoms with Gasteiger partial charge in [0.15, 0.2) is 0 Å². The molecule has 88 valence electrons. The van der Waals surface area contributed by atoms with Crippen LogP contribution in [0.15, 0.2) is 12.1 Å². The normalized spacial score (nSPS) is 14.7. The van der Waals surface area contributed by atoms with Crippen molar-refractivity contribution >= 4 is 0 Å². The molecule has 3 rings (SSSR count). The van der Waals surface area contributed by atoms with Gasteiger partial charge in [0.2, 0.25) is 0 Å². The Balaban J connectivity index is 2.11. The SMILES string of the molecule is Cc1cc(-c2n[nH]c3c2COCC3)cc(C)n1. The Morgan fingerprint density at radius 2 is 2.00 bits per heavy atom. The molecule has 0 aliphatic carbocycles. The van der Waals surface area contributed by atoms with Crippen molar-refractivity contribution in [1.29, 1.82) is 0 Å². The Labute approximate surface area is 100 Å². The van der Waals surface area contributed by atoms with Crippen LogP contribution in [0.2, 0.25) is 0 Å². The summed E-state index contributed by atoms with van der Waals surface area (Å²) in [5.41, 5.74) is 6.58. The second-order valence-electron chi connectivity index (χ2n) is 4.47. The first-order chi connectivity index (χ1) is 8.24. The van der Waals surface area contributed by atoms with Crippen LogP contribution in [-0.2, 0) is 17.8 Å². The number of hydrogen-bond acceptors (Lipinski definition) is 3. The van der Waals surface area contributed by atoms with Gasteiger partial charge in [0, 0.05) is 34.6 Å². The van der Waals surface area contributed by atoms with E-state index in [0.29, 0.717) is 6.61 Å². The standard InChI is InChI=1S/C13H15N3O/c1-8-5-10(6-9(2)14-8)13-11-7-17-4-3-12(11)15-16-13/h5-6H,3-4,7H2,1-2H3,(H,15,16). The topological polar surface area (TPSA) is 50.8 Å². The minimum Gasteiger partial charge on any atom is -0.376 e. The van der Waals surface area contributed by atoms with Gasteiger partial charge < -0.3 is 4.74 Å². The molecule has 0 unspecified atom stereocenters. The monoisotopic (exact) mass is 229 g/mol. The van der Waals surface area contributed by atoms with E-state index >= 15 is 0 Å². The number of aromatic nitrogens is 3. The van der Waals surface area contributed by atoms with Crippen molar-refractivity contribution in [3.63, 3.8) is 0 Å². The van der Waals surface area contributed by atoms with Crippen molar-refractivity contribution in [3.05, 3.63) is 34.8 Å². The molecule has 1 aliphatic heterocycles. The van der Waals surface area contributed by atoms with Crippen LogP contribution in [-0.4, -0.2) is 21.8 Å². The number of aromatic amines is 1. The molecule has 1 aliphatic rings. The Hall–Kier alpha value is -1.68. The minimum atomic E-state index is 0.654. The zero-order valence-electron chi connectivity index (χ0n) is 10.1. The highest BCUT2D eigenvalue weighted by molar-refractivity contribution is 5.64. The van der Waals surface area contributed by atoms with Crippen LogP contribution in [0, 0.1) is 13.8 Å². The fourth-order valence-electron chi connectivity index (χ4n) is 2.32. The van der Waals surface area contributed by atoms with E-state index in [1.165, 1.54) is 11.3 Å². The molecule has 17 heavy (non-hydrogen) atoms. The smallest absolute Gasteiger partial charge is 0.0980 e. The average Bonchev–Trinajstić information content (AvgIpc) is 2.71.